The molecule has 1 nitrogen and oxygen atoms in total. The Balaban J connectivity index is 2.58. The predicted octanol–water partition coefficient (Wildman–Crippen LogP) is 1.54. The van der Waals surface area contributed by atoms with Crippen molar-refractivity contribution in [3.63, 3.8) is 0 Å². The van der Waals surface area contributed by atoms with Gasteiger partial charge >= 0.3 is 0 Å². The van der Waals surface area contributed by atoms with Crippen LogP contribution in [-0.4, -0.2) is 9.96 Å². The fourth-order valence-electron chi connectivity index (χ4n) is 1.44. The van der Waals surface area contributed by atoms with Crippen LogP contribution in [-0.2, 0) is 26.1 Å². The molecule has 0 aliphatic carbocycles. The van der Waals surface area contributed by atoms with Gasteiger partial charge in [0, 0.05) is 10.6 Å². The molecule has 0 amide bonds. The molecule has 0 spiro atoms. The molecule has 1 unspecified atom stereocenters. The van der Waals surface area contributed by atoms with Gasteiger partial charge in [-0.2, -0.15) is 0 Å². The average Bonchev–Trinajstić information content (AvgIpc) is 2.17. The largest absolute Gasteiger partial charge is 0.205 e. The molecule has 0 aromatic heterocycles. The molecule has 1 aromatic rings. The Labute approximate surface area is 77.5 Å². The maximum atomic E-state index is 10.8. The molecule has 0 saturated heterocycles. The first-order chi connectivity index (χ1) is 5.92. The Morgan fingerprint density at radius 1 is 1.58 bits per heavy atom. The zero-order valence-electron chi connectivity index (χ0n) is 6.58. The Kier molecular flexibility index (Phi) is 2.42. The van der Waals surface area contributed by atoms with Crippen LogP contribution < -0.4 is 0 Å². The molecule has 1 aliphatic rings. The number of rotatable bonds is 0. The third kappa shape index (κ3) is 1.39. The van der Waals surface area contributed by atoms with E-state index in [0.717, 1.165) is 28.8 Å². The Morgan fingerprint density at radius 3 is 3.33 bits per heavy atom. The molecule has 63 valence electrons. The second kappa shape index (κ2) is 3.54. The monoisotopic (exact) mass is 197 g/mol. The third-order valence-corrected chi connectivity index (χ3v) is 5.25. The van der Waals surface area contributed by atoms with Gasteiger partial charge in [0.2, 0.25) is 0 Å². The first-order valence-electron chi connectivity index (χ1n) is 3.92. The van der Waals surface area contributed by atoms with Gasteiger partial charge in [-0.25, -0.2) is 4.21 Å². The van der Waals surface area contributed by atoms with Gasteiger partial charge in [-0.1, -0.05) is 21.6 Å². The lowest BCUT2D eigenvalue weighted by atomic mass is 10.1. The second-order valence-corrected chi connectivity index (χ2v) is 6.05. The fraction of sp³-hybridized carbons (Fsp3) is 0.333. The Morgan fingerprint density at radius 2 is 2.50 bits per heavy atom. The van der Waals surface area contributed by atoms with Crippen LogP contribution in [0, 0.1) is 6.07 Å². The van der Waals surface area contributed by atoms with Crippen molar-refractivity contribution >= 4 is 19.7 Å². The fourth-order valence-corrected chi connectivity index (χ4v) is 4.15. The highest BCUT2D eigenvalue weighted by Gasteiger charge is 2.12. The molecule has 0 bridgehead atoms. The number of aryl methyl sites for hydroxylation is 1. The van der Waals surface area contributed by atoms with Gasteiger partial charge in [0.15, 0.2) is 0 Å². The standard InChI is InChI=1S/C9H9OS2/c10-11-12-7-3-5-8-4-1-2-6-9(8)12/h2,4,6H,3,5,7H2. The van der Waals surface area contributed by atoms with Crippen molar-refractivity contribution in [3.8, 4) is 0 Å². The number of benzene rings is 1. The summed E-state index contributed by atoms with van der Waals surface area (Å²) in [5, 5.41) is 0. The first-order valence-corrected chi connectivity index (χ1v) is 6.57. The van der Waals surface area contributed by atoms with Gasteiger partial charge in [0.1, 0.15) is 10.2 Å². The summed E-state index contributed by atoms with van der Waals surface area (Å²) in [6, 6.07) is 9.02. The lowest BCUT2D eigenvalue weighted by molar-refractivity contribution is 0.701. The highest BCUT2D eigenvalue weighted by atomic mass is 32.8. The minimum Gasteiger partial charge on any atom is -0.205 e. The molecule has 1 aromatic carbocycles. The van der Waals surface area contributed by atoms with Gasteiger partial charge in [-0.15, -0.1) is 0 Å². The van der Waals surface area contributed by atoms with Crippen molar-refractivity contribution < 1.29 is 4.21 Å². The normalized spacial score (nSPS) is 21.5. The van der Waals surface area contributed by atoms with Crippen molar-refractivity contribution in [2.45, 2.75) is 17.7 Å². The van der Waals surface area contributed by atoms with Gasteiger partial charge in [-0.3, -0.25) is 0 Å². The minimum atomic E-state index is -0.0854. The van der Waals surface area contributed by atoms with Gasteiger partial charge in [0.25, 0.3) is 0 Å². The van der Waals surface area contributed by atoms with Gasteiger partial charge in [-0.05, 0) is 30.5 Å². The molecule has 1 radical (unpaired) electrons. The summed E-state index contributed by atoms with van der Waals surface area (Å²) in [5.41, 5.74) is 1.33. The Bertz CT molecular complexity index is 353. The zero-order valence-corrected chi connectivity index (χ0v) is 8.21. The summed E-state index contributed by atoms with van der Waals surface area (Å²) in [6.45, 7) is 0. The summed E-state index contributed by atoms with van der Waals surface area (Å²) in [7, 11) is 0.667. The van der Waals surface area contributed by atoms with E-state index in [9.17, 15) is 4.21 Å². The van der Waals surface area contributed by atoms with Crippen molar-refractivity contribution in [2.75, 3.05) is 5.75 Å². The maximum absolute atomic E-state index is 10.8. The lowest BCUT2D eigenvalue weighted by Crippen LogP contribution is -2.09. The van der Waals surface area contributed by atoms with Crippen LogP contribution >= 0.6 is 0 Å². The summed E-state index contributed by atoms with van der Waals surface area (Å²) in [6.07, 6.45) is 2.28. The quantitative estimate of drug-likeness (QED) is 0.616. The molecule has 1 atom stereocenters. The van der Waals surface area contributed by atoms with E-state index in [2.05, 4.69) is 6.07 Å². The van der Waals surface area contributed by atoms with E-state index in [1.807, 2.05) is 18.2 Å². The van der Waals surface area contributed by atoms with E-state index in [1.54, 1.807) is 0 Å². The Hall–Kier alpha value is -0.410. The van der Waals surface area contributed by atoms with E-state index in [0.29, 0.717) is 0 Å². The van der Waals surface area contributed by atoms with Crippen molar-refractivity contribution in [1.29, 1.82) is 0 Å². The molecular weight excluding hydrogens is 188 g/mol. The SMILES string of the molecule is O=S=S1CCCc2c[c]ccc21. The molecule has 0 N–H and O–H groups in total. The van der Waals surface area contributed by atoms with Crippen LogP contribution in [0.1, 0.15) is 12.0 Å². The van der Waals surface area contributed by atoms with Crippen LogP contribution in [0.3, 0.4) is 0 Å². The van der Waals surface area contributed by atoms with E-state index in [4.69, 9.17) is 0 Å². The molecule has 12 heavy (non-hydrogen) atoms. The molecule has 0 fully saturated rings. The molecular formula is C9H9OS2. The molecule has 0 saturated carbocycles. The van der Waals surface area contributed by atoms with Crippen LogP contribution in [0.25, 0.3) is 0 Å². The average molecular weight is 197 g/mol. The summed E-state index contributed by atoms with van der Waals surface area (Å²) >= 11 is 0. The van der Waals surface area contributed by atoms with Crippen LogP contribution in [0.5, 0.6) is 0 Å². The summed E-state index contributed by atoms with van der Waals surface area (Å²) in [4.78, 5) is 1.26. The van der Waals surface area contributed by atoms with E-state index < -0.39 is 0 Å². The van der Waals surface area contributed by atoms with E-state index in [1.165, 1.54) is 10.5 Å². The van der Waals surface area contributed by atoms with Crippen LogP contribution in [0.2, 0.25) is 0 Å². The van der Waals surface area contributed by atoms with E-state index in [-0.39, 0.29) is 9.45 Å². The molecule has 3 heteroatoms. The second-order valence-electron chi connectivity index (χ2n) is 2.76. The zero-order chi connectivity index (χ0) is 8.39. The van der Waals surface area contributed by atoms with Gasteiger partial charge in [0.05, 0.1) is 0 Å². The smallest absolute Gasteiger partial charge is 0.125 e. The summed E-state index contributed by atoms with van der Waals surface area (Å²) in [5.74, 6) is 1.06. The highest BCUT2D eigenvalue weighted by molar-refractivity contribution is 8.31. The highest BCUT2D eigenvalue weighted by Crippen LogP contribution is 2.21. The predicted molar refractivity (Wildman–Crippen MR) is 52.2 cm³/mol. The van der Waals surface area contributed by atoms with Crippen molar-refractivity contribution in [1.82, 2.24) is 0 Å². The van der Waals surface area contributed by atoms with Crippen molar-refractivity contribution in [3.05, 3.63) is 29.8 Å². The maximum Gasteiger partial charge on any atom is 0.125 e. The number of hydrogen-bond acceptors (Lipinski definition) is 1. The summed E-state index contributed by atoms with van der Waals surface area (Å²) < 4.78 is 10.8. The molecule has 1 aliphatic heterocycles. The van der Waals surface area contributed by atoms with Crippen LogP contribution in [0.15, 0.2) is 23.1 Å². The van der Waals surface area contributed by atoms with Crippen LogP contribution in [0.4, 0.5) is 0 Å². The molecule has 1 heterocycles. The van der Waals surface area contributed by atoms with Gasteiger partial charge < -0.3 is 0 Å². The lowest BCUT2D eigenvalue weighted by Gasteiger charge is -2.15. The first kappa shape index (κ1) is 8.20. The van der Waals surface area contributed by atoms with Crippen molar-refractivity contribution in [2.24, 2.45) is 0 Å². The van der Waals surface area contributed by atoms with E-state index >= 15 is 0 Å². The number of hydrogen-bond donors (Lipinski definition) is 0. The molecule has 2 rings (SSSR count). The number of fused-ring (bicyclic) bond motifs is 1. The third-order valence-electron chi connectivity index (χ3n) is 2.01. The topological polar surface area (TPSA) is 17.1 Å². The minimum absolute atomic E-state index is 0.0854.